The summed E-state index contributed by atoms with van der Waals surface area (Å²) < 4.78 is 44.6. The number of likely N-dealkylation sites (tertiary alicyclic amines) is 2. The minimum atomic E-state index is -0.909. The summed E-state index contributed by atoms with van der Waals surface area (Å²) >= 11 is 0. The van der Waals surface area contributed by atoms with Crippen LogP contribution in [0.3, 0.4) is 0 Å². The molecule has 0 unspecified atom stereocenters. The average Bonchev–Trinajstić information content (AvgIpc) is 3.45. The molecular formula is C31H36F3N5O2. The number of amides is 2. The van der Waals surface area contributed by atoms with Crippen LogP contribution in [-0.2, 0) is 6.54 Å². The fourth-order valence-electron chi connectivity index (χ4n) is 7.51. The number of piperidine rings is 2. The first kappa shape index (κ1) is 27.8. The van der Waals surface area contributed by atoms with Crippen LogP contribution in [0.1, 0.15) is 56.6 Å². The number of nitrogens with zero attached hydrogens (tertiary/aromatic N) is 4. The fraction of sp³-hybridized carbons (Fsp3) is 0.516. The summed E-state index contributed by atoms with van der Waals surface area (Å²) in [6.45, 7) is 1.99. The number of carbonyl (C=O) groups is 1. The Morgan fingerprint density at radius 1 is 1.10 bits per heavy atom. The van der Waals surface area contributed by atoms with Crippen LogP contribution in [0.25, 0.3) is 10.9 Å². The molecular weight excluding hydrogens is 531 g/mol. The third kappa shape index (κ3) is 5.11. The van der Waals surface area contributed by atoms with Crippen molar-refractivity contribution in [1.82, 2.24) is 24.7 Å². The predicted octanol–water partition coefficient (Wildman–Crippen LogP) is 5.24. The Hall–Kier alpha value is -3.40. The molecule has 3 aliphatic rings. The molecule has 2 saturated heterocycles. The Morgan fingerprint density at radius 3 is 2.68 bits per heavy atom. The van der Waals surface area contributed by atoms with Crippen molar-refractivity contribution in [3.63, 3.8) is 0 Å². The number of aromatic nitrogens is 2. The van der Waals surface area contributed by atoms with Gasteiger partial charge in [-0.25, -0.2) is 22.9 Å². The summed E-state index contributed by atoms with van der Waals surface area (Å²) in [6, 6.07) is 7.62. The van der Waals surface area contributed by atoms with E-state index in [1.807, 2.05) is 11.9 Å². The molecule has 1 aromatic heterocycles. The van der Waals surface area contributed by atoms with Crippen molar-refractivity contribution in [2.45, 2.75) is 63.6 Å². The van der Waals surface area contributed by atoms with E-state index in [9.17, 15) is 22.8 Å². The van der Waals surface area contributed by atoms with E-state index >= 15 is 0 Å². The van der Waals surface area contributed by atoms with Crippen molar-refractivity contribution in [3.05, 3.63) is 76.1 Å². The lowest BCUT2D eigenvalue weighted by Gasteiger charge is -2.49. The third-order valence-corrected chi connectivity index (χ3v) is 9.79. The summed E-state index contributed by atoms with van der Waals surface area (Å²) in [7, 11) is 1.85. The number of fused-ring (bicyclic) bond motifs is 1. The maximum absolute atomic E-state index is 14.9. The number of carbonyl (C=O) groups excluding carboxylic acids is 1. The van der Waals surface area contributed by atoms with Gasteiger partial charge in [0, 0.05) is 37.8 Å². The number of nitrogens with one attached hydrogen (secondary N) is 1. The first-order chi connectivity index (χ1) is 19.8. The van der Waals surface area contributed by atoms with Crippen molar-refractivity contribution < 1.29 is 18.0 Å². The number of urea groups is 1. The van der Waals surface area contributed by atoms with Gasteiger partial charge in [-0.05, 0) is 74.8 Å². The topological polar surface area (TPSA) is 70.5 Å². The molecule has 3 heterocycles. The number of hydrogen-bond donors (Lipinski definition) is 1. The van der Waals surface area contributed by atoms with Crippen LogP contribution in [0, 0.1) is 28.8 Å². The summed E-state index contributed by atoms with van der Waals surface area (Å²) in [6.07, 6.45) is 7.51. The van der Waals surface area contributed by atoms with E-state index in [2.05, 4.69) is 10.3 Å². The molecule has 3 fully saturated rings. The van der Waals surface area contributed by atoms with E-state index in [0.717, 1.165) is 38.2 Å². The van der Waals surface area contributed by atoms with Gasteiger partial charge >= 0.3 is 6.03 Å². The molecule has 10 heteroatoms. The van der Waals surface area contributed by atoms with Gasteiger partial charge in [0.15, 0.2) is 11.6 Å². The largest absolute Gasteiger partial charge is 0.324 e. The number of hydrogen-bond acceptors (Lipinski definition) is 4. The Morgan fingerprint density at radius 2 is 1.90 bits per heavy atom. The van der Waals surface area contributed by atoms with Gasteiger partial charge in [0.05, 0.1) is 23.3 Å². The number of halogens is 3. The second-order valence-electron chi connectivity index (χ2n) is 12.0. The van der Waals surface area contributed by atoms with Crippen molar-refractivity contribution in [2.75, 3.05) is 26.7 Å². The lowest BCUT2D eigenvalue weighted by molar-refractivity contribution is 0.0206. The van der Waals surface area contributed by atoms with E-state index < -0.39 is 23.5 Å². The van der Waals surface area contributed by atoms with Crippen LogP contribution in [-0.4, -0.2) is 58.1 Å². The SMILES string of the molecule is CN[C@@H]1CCN(C(=O)N2CC[C@@H](Cn3cnc4ccc(F)cc4c3=O)C3(CCCC3)C2)[C@H](c2cccc(F)c2F)C1. The van der Waals surface area contributed by atoms with Crippen molar-refractivity contribution >= 4 is 16.9 Å². The van der Waals surface area contributed by atoms with Gasteiger partial charge in [-0.1, -0.05) is 25.0 Å². The lowest BCUT2D eigenvalue weighted by atomic mass is 9.69. The molecule has 7 nitrogen and oxygen atoms in total. The van der Waals surface area contributed by atoms with Crippen LogP contribution >= 0.6 is 0 Å². The van der Waals surface area contributed by atoms with E-state index in [-0.39, 0.29) is 39.9 Å². The van der Waals surface area contributed by atoms with Gasteiger partial charge < -0.3 is 15.1 Å². The zero-order chi connectivity index (χ0) is 28.7. The maximum Gasteiger partial charge on any atom is 0.320 e. The maximum atomic E-state index is 14.9. The van der Waals surface area contributed by atoms with Crippen LogP contribution in [0.5, 0.6) is 0 Å². The molecule has 1 saturated carbocycles. The standard InChI is InChI=1S/C31H36F3N5O2/c1-35-22-10-14-39(27(16-22)23-5-4-6-25(33)28(23)34)30(41)37-13-9-20(31(18-37)11-2-3-12-31)17-38-19-36-26-8-7-21(32)15-24(26)29(38)40/h4-8,15,19-20,22,27,35H,2-3,9-14,16-18H2,1H3/t20-,22+,27-/m0/s1. The highest BCUT2D eigenvalue weighted by molar-refractivity contribution is 5.77. The molecule has 2 aromatic carbocycles. The zero-order valence-corrected chi connectivity index (χ0v) is 23.3. The fourth-order valence-corrected chi connectivity index (χ4v) is 7.51. The summed E-state index contributed by atoms with van der Waals surface area (Å²) in [5.41, 5.74) is 0.277. The quantitative estimate of drug-likeness (QED) is 0.468. The van der Waals surface area contributed by atoms with Gasteiger partial charge in [-0.2, -0.15) is 0 Å². The van der Waals surface area contributed by atoms with Crippen LogP contribution in [0.15, 0.2) is 47.5 Å². The molecule has 1 N–H and O–H groups in total. The first-order valence-electron chi connectivity index (χ1n) is 14.6. The zero-order valence-electron chi connectivity index (χ0n) is 23.3. The second-order valence-corrected chi connectivity index (χ2v) is 12.0. The van der Waals surface area contributed by atoms with Gasteiger partial charge in [-0.15, -0.1) is 0 Å². The molecule has 2 amide bonds. The molecule has 0 bridgehead atoms. The molecule has 2 aliphatic heterocycles. The summed E-state index contributed by atoms with van der Waals surface area (Å²) in [5.74, 6) is -2.12. The monoisotopic (exact) mass is 567 g/mol. The minimum Gasteiger partial charge on any atom is -0.324 e. The normalized spacial score (nSPS) is 24.3. The van der Waals surface area contributed by atoms with Gasteiger partial charge in [0.25, 0.3) is 5.56 Å². The van der Waals surface area contributed by atoms with E-state index in [4.69, 9.17) is 0 Å². The average molecular weight is 568 g/mol. The van der Waals surface area contributed by atoms with E-state index in [1.54, 1.807) is 21.9 Å². The number of rotatable bonds is 4. The first-order valence-corrected chi connectivity index (χ1v) is 14.6. The molecule has 6 rings (SSSR count). The highest BCUT2D eigenvalue weighted by Crippen LogP contribution is 2.49. The predicted molar refractivity (Wildman–Crippen MR) is 150 cm³/mol. The highest BCUT2D eigenvalue weighted by atomic mass is 19.2. The Labute approximate surface area is 237 Å². The van der Waals surface area contributed by atoms with Gasteiger partial charge in [0.1, 0.15) is 5.82 Å². The van der Waals surface area contributed by atoms with Crippen molar-refractivity contribution in [2.24, 2.45) is 11.3 Å². The second kappa shape index (κ2) is 11.1. The molecule has 3 atom stereocenters. The Balaban J connectivity index is 1.25. The Kier molecular flexibility index (Phi) is 7.52. The Bertz CT molecular complexity index is 1500. The summed E-state index contributed by atoms with van der Waals surface area (Å²) in [5, 5.41) is 3.51. The lowest BCUT2D eigenvalue weighted by Crippen LogP contribution is -2.57. The van der Waals surface area contributed by atoms with Gasteiger partial charge in [-0.3, -0.25) is 9.36 Å². The van der Waals surface area contributed by atoms with Gasteiger partial charge in [0.2, 0.25) is 0 Å². The van der Waals surface area contributed by atoms with E-state index in [1.165, 1.54) is 24.3 Å². The smallest absolute Gasteiger partial charge is 0.320 e. The van der Waals surface area contributed by atoms with Crippen molar-refractivity contribution in [1.29, 1.82) is 0 Å². The number of benzene rings is 2. The molecule has 0 radical (unpaired) electrons. The van der Waals surface area contributed by atoms with Crippen molar-refractivity contribution in [3.8, 4) is 0 Å². The molecule has 1 spiro atoms. The molecule has 218 valence electrons. The minimum absolute atomic E-state index is 0.0981. The third-order valence-electron chi connectivity index (χ3n) is 9.79. The van der Waals surface area contributed by atoms with Crippen LogP contribution < -0.4 is 10.9 Å². The highest BCUT2D eigenvalue weighted by Gasteiger charge is 2.48. The molecule has 41 heavy (non-hydrogen) atoms. The molecule has 3 aromatic rings. The van der Waals surface area contributed by atoms with E-state index in [0.29, 0.717) is 44.5 Å². The van der Waals surface area contributed by atoms with Crippen LogP contribution in [0.2, 0.25) is 0 Å². The summed E-state index contributed by atoms with van der Waals surface area (Å²) in [4.78, 5) is 35.3. The van der Waals surface area contributed by atoms with Crippen LogP contribution in [0.4, 0.5) is 18.0 Å². The molecule has 1 aliphatic carbocycles.